The third-order valence-corrected chi connectivity index (χ3v) is 4.05. The van der Waals surface area contributed by atoms with Crippen LogP contribution in [0.5, 0.6) is 5.75 Å². The fourth-order valence-electron chi connectivity index (χ4n) is 2.51. The number of anilines is 1. The molecule has 3 aromatic rings. The molecule has 0 aliphatic carbocycles. The molecule has 3 aromatic carbocycles. The summed E-state index contributed by atoms with van der Waals surface area (Å²) >= 11 is 5.88. The molecule has 0 aliphatic rings. The van der Waals surface area contributed by atoms with Gasteiger partial charge in [-0.3, -0.25) is 4.79 Å². The second kappa shape index (κ2) is 9.43. The van der Waals surface area contributed by atoms with Crippen LogP contribution in [0.1, 0.15) is 16.8 Å². The molecule has 4 nitrogen and oxygen atoms in total. The number of hydrogen-bond donors (Lipinski definition) is 2. The van der Waals surface area contributed by atoms with E-state index in [1.165, 1.54) is 0 Å². The van der Waals surface area contributed by atoms with E-state index in [2.05, 4.69) is 5.32 Å². The topological polar surface area (TPSA) is 64.3 Å². The summed E-state index contributed by atoms with van der Waals surface area (Å²) in [4.78, 5) is 12.7. The maximum absolute atomic E-state index is 12.7. The van der Waals surface area contributed by atoms with Crippen molar-refractivity contribution < 1.29 is 9.53 Å². The summed E-state index contributed by atoms with van der Waals surface area (Å²) in [7, 11) is 0. The van der Waals surface area contributed by atoms with Crippen LogP contribution in [0.2, 0.25) is 5.02 Å². The van der Waals surface area contributed by atoms with Crippen LogP contribution in [-0.4, -0.2) is 19.1 Å². The van der Waals surface area contributed by atoms with Crippen LogP contribution in [0.15, 0.2) is 60.7 Å². The van der Waals surface area contributed by atoms with Gasteiger partial charge in [0.1, 0.15) is 5.75 Å². The molecule has 0 saturated heterocycles. The van der Waals surface area contributed by atoms with Crippen molar-refractivity contribution in [3.05, 3.63) is 71.2 Å². The number of benzene rings is 3. The molecule has 0 aromatic heterocycles. The van der Waals surface area contributed by atoms with Gasteiger partial charge in [0.05, 0.1) is 12.2 Å². The van der Waals surface area contributed by atoms with Crippen molar-refractivity contribution in [1.29, 1.82) is 0 Å². The second-order valence-electron chi connectivity index (χ2n) is 5.65. The van der Waals surface area contributed by atoms with Crippen molar-refractivity contribution in [2.75, 3.05) is 18.5 Å². The van der Waals surface area contributed by atoms with Gasteiger partial charge in [-0.15, -0.1) is 12.4 Å². The van der Waals surface area contributed by atoms with E-state index in [-0.39, 0.29) is 18.3 Å². The fraction of sp³-hybridized carbons (Fsp3) is 0.150. The summed E-state index contributed by atoms with van der Waals surface area (Å²) < 4.78 is 5.80. The molecule has 0 aliphatic heterocycles. The van der Waals surface area contributed by atoms with Crippen molar-refractivity contribution in [3.63, 3.8) is 0 Å². The highest BCUT2D eigenvalue weighted by molar-refractivity contribution is 6.30. The first kappa shape index (κ1) is 20.0. The van der Waals surface area contributed by atoms with Crippen LogP contribution in [0.4, 0.5) is 5.69 Å². The zero-order valence-electron chi connectivity index (χ0n) is 14.1. The maximum atomic E-state index is 12.7. The van der Waals surface area contributed by atoms with Crippen molar-refractivity contribution in [2.45, 2.75) is 6.42 Å². The Kier molecular flexibility index (Phi) is 7.27. The van der Waals surface area contributed by atoms with E-state index in [0.717, 1.165) is 17.2 Å². The van der Waals surface area contributed by atoms with E-state index in [0.29, 0.717) is 35.2 Å². The quantitative estimate of drug-likeness (QED) is 0.588. The van der Waals surface area contributed by atoms with E-state index in [9.17, 15) is 4.79 Å². The van der Waals surface area contributed by atoms with Crippen LogP contribution in [-0.2, 0) is 0 Å². The average molecular weight is 391 g/mol. The van der Waals surface area contributed by atoms with Gasteiger partial charge in [-0.05, 0) is 60.1 Å². The molecular formula is C20H20Cl2N2O2. The summed E-state index contributed by atoms with van der Waals surface area (Å²) in [5.41, 5.74) is 6.69. The Morgan fingerprint density at radius 3 is 2.35 bits per heavy atom. The molecule has 26 heavy (non-hydrogen) atoms. The normalized spacial score (nSPS) is 10.2. The standard InChI is InChI=1S/C20H19ClN2O2.ClH/c21-16-6-8-17(9-7-16)23-20(24)18-12-14-4-1-2-5-15(14)13-19(18)25-11-3-10-22;/h1-2,4-9,12-13H,3,10-11,22H2,(H,23,24);1H. The minimum absolute atomic E-state index is 0. The zero-order valence-corrected chi connectivity index (χ0v) is 15.6. The van der Waals surface area contributed by atoms with Crippen LogP contribution in [0.3, 0.4) is 0 Å². The monoisotopic (exact) mass is 390 g/mol. The Morgan fingerprint density at radius 2 is 1.69 bits per heavy atom. The lowest BCUT2D eigenvalue weighted by atomic mass is 10.1. The zero-order chi connectivity index (χ0) is 17.6. The van der Waals surface area contributed by atoms with Crippen LogP contribution in [0.25, 0.3) is 10.8 Å². The third kappa shape index (κ3) is 4.88. The molecule has 0 heterocycles. The van der Waals surface area contributed by atoms with Crippen molar-refractivity contribution in [1.82, 2.24) is 0 Å². The number of carbonyl (C=O) groups excluding carboxylic acids is 1. The van der Waals surface area contributed by atoms with Gasteiger partial charge in [-0.1, -0.05) is 35.9 Å². The van der Waals surface area contributed by atoms with Crippen LogP contribution < -0.4 is 15.8 Å². The molecule has 0 radical (unpaired) electrons. The van der Waals surface area contributed by atoms with E-state index in [1.807, 2.05) is 36.4 Å². The van der Waals surface area contributed by atoms with Gasteiger partial charge < -0.3 is 15.8 Å². The minimum Gasteiger partial charge on any atom is -0.493 e. The van der Waals surface area contributed by atoms with E-state index >= 15 is 0 Å². The Morgan fingerprint density at radius 1 is 1.04 bits per heavy atom. The maximum Gasteiger partial charge on any atom is 0.259 e. The summed E-state index contributed by atoms with van der Waals surface area (Å²) in [5.74, 6) is 0.328. The number of nitrogens with one attached hydrogen (secondary N) is 1. The van der Waals surface area contributed by atoms with Crippen molar-refractivity contribution in [2.24, 2.45) is 5.73 Å². The van der Waals surface area contributed by atoms with Crippen LogP contribution >= 0.6 is 24.0 Å². The number of amides is 1. The highest BCUT2D eigenvalue weighted by Crippen LogP contribution is 2.27. The molecule has 0 bridgehead atoms. The Bertz CT molecular complexity index is 883. The summed E-state index contributed by atoms with van der Waals surface area (Å²) in [5, 5.41) is 5.50. The first-order valence-electron chi connectivity index (χ1n) is 8.10. The molecule has 0 unspecified atom stereocenters. The predicted molar refractivity (Wildman–Crippen MR) is 110 cm³/mol. The number of hydrogen-bond acceptors (Lipinski definition) is 3. The largest absolute Gasteiger partial charge is 0.493 e. The molecule has 136 valence electrons. The van der Waals surface area contributed by atoms with E-state index in [4.69, 9.17) is 22.1 Å². The number of fused-ring (bicyclic) bond motifs is 1. The SMILES string of the molecule is Cl.NCCCOc1cc2ccccc2cc1C(=O)Nc1ccc(Cl)cc1. The molecule has 0 fully saturated rings. The fourth-order valence-corrected chi connectivity index (χ4v) is 2.64. The molecule has 0 spiro atoms. The highest BCUT2D eigenvalue weighted by atomic mass is 35.5. The molecule has 6 heteroatoms. The minimum atomic E-state index is -0.226. The van der Waals surface area contributed by atoms with Gasteiger partial charge in [0, 0.05) is 10.7 Å². The summed E-state index contributed by atoms with van der Waals surface area (Å²) in [6, 6.07) is 18.6. The summed E-state index contributed by atoms with van der Waals surface area (Å²) in [6.45, 7) is 1.01. The van der Waals surface area contributed by atoms with Crippen molar-refractivity contribution >= 4 is 46.4 Å². The van der Waals surface area contributed by atoms with Gasteiger partial charge in [-0.25, -0.2) is 0 Å². The Hall–Kier alpha value is -2.27. The third-order valence-electron chi connectivity index (χ3n) is 3.80. The first-order chi connectivity index (χ1) is 12.2. The Balaban J connectivity index is 0.00000243. The predicted octanol–water partition coefficient (Wildman–Crippen LogP) is 4.89. The second-order valence-corrected chi connectivity index (χ2v) is 6.08. The highest BCUT2D eigenvalue weighted by Gasteiger charge is 2.14. The molecule has 0 saturated carbocycles. The van der Waals surface area contributed by atoms with Crippen LogP contribution in [0, 0.1) is 0 Å². The van der Waals surface area contributed by atoms with Gasteiger partial charge in [0.15, 0.2) is 0 Å². The average Bonchev–Trinajstić information content (AvgIpc) is 2.63. The smallest absolute Gasteiger partial charge is 0.259 e. The lowest BCUT2D eigenvalue weighted by Crippen LogP contribution is -2.14. The summed E-state index contributed by atoms with van der Waals surface area (Å²) in [6.07, 6.45) is 0.727. The number of rotatable bonds is 6. The molecule has 0 atom stereocenters. The van der Waals surface area contributed by atoms with Gasteiger partial charge in [-0.2, -0.15) is 0 Å². The molecule has 3 rings (SSSR count). The number of halogens is 2. The number of ether oxygens (including phenoxy) is 1. The molecule has 3 N–H and O–H groups in total. The lowest BCUT2D eigenvalue weighted by Gasteiger charge is -2.13. The molecular weight excluding hydrogens is 371 g/mol. The van der Waals surface area contributed by atoms with Gasteiger partial charge in [0.2, 0.25) is 0 Å². The van der Waals surface area contributed by atoms with Crippen molar-refractivity contribution in [3.8, 4) is 5.75 Å². The number of nitrogens with two attached hydrogens (primary N) is 1. The van der Waals surface area contributed by atoms with E-state index in [1.54, 1.807) is 24.3 Å². The molecule has 1 amide bonds. The van der Waals surface area contributed by atoms with Gasteiger partial charge in [0.25, 0.3) is 5.91 Å². The number of carbonyl (C=O) groups is 1. The Labute approximate surface area is 163 Å². The first-order valence-corrected chi connectivity index (χ1v) is 8.48. The lowest BCUT2D eigenvalue weighted by molar-refractivity contribution is 0.102. The van der Waals surface area contributed by atoms with Gasteiger partial charge >= 0.3 is 0 Å². The van der Waals surface area contributed by atoms with E-state index < -0.39 is 0 Å².